The monoisotopic (exact) mass is 522 g/mol. The van der Waals surface area contributed by atoms with Crippen LogP contribution in [0.5, 0.6) is 5.88 Å². The molecule has 14 heteroatoms. The Bertz CT molecular complexity index is 952. The van der Waals surface area contributed by atoms with E-state index < -0.39 is 47.2 Å². The molecule has 1 heterocycles. The molecule has 0 radical (unpaired) electrons. The van der Waals surface area contributed by atoms with E-state index in [0.29, 0.717) is 50.6 Å². The molecule has 0 fully saturated rings. The average Bonchev–Trinajstić information content (AvgIpc) is 3.15. The van der Waals surface area contributed by atoms with Crippen molar-refractivity contribution < 1.29 is 38.4 Å². The Morgan fingerprint density at radius 2 is 1.76 bits per heavy atom. The number of carboxylic acids is 1. The molecule has 0 unspecified atom stereocenters. The SMILES string of the molecule is O=C(NCCCCN(CCO)CCO)Nc1snc(OCc2c(F)cc(Cl)cc2F)c1C(=O)O. The molecule has 0 aliphatic carbocycles. The van der Waals surface area contributed by atoms with Crippen LogP contribution in [0.4, 0.5) is 18.6 Å². The summed E-state index contributed by atoms with van der Waals surface area (Å²) in [7, 11) is 0. The number of aromatic nitrogens is 1. The van der Waals surface area contributed by atoms with Crippen LogP contribution in [0.3, 0.4) is 0 Å². The number of carboxylic acid groups (broad SMARTS) is 1. The predicted octanol–water partition coefficient (Wildman–Crippen LogP) is 2.54. The Balaban J connectivity index is 1.89. The van der Waals surface area contributed by atoms with Crippen LogP contribution in [0.2, 0.25) is 5.02 Å². The number of rotatable bonds is 14. The molecular formula is C20H25ClF2N4O6S. The minimum absolute atomic E-state index is 0.0172. The van der Waals surface area contributed by atoms with Gasteiger partial charge in [0.1, 0.15) is 23.2 Å². The molecule has 188 valence electrons. The summed E-state index contributed by atoms with van der Waals surface area (Å²) < 4.78 is 36.9. The second kappa shape index (κ2) is 14.0. The molecule has 1 aromatic carbocycles. The number of nitrogens with zero attached hydrogens (tertiary/aromatic N) is 2. The highest BCUT2D eigenvalue weighted by molar-refractivity contribution is 7.11. The van der Waals surface area contributed by atoms with E-state index in [1.165, 1.54) is 0 Å². The van der Waals surface area contributed by atoms with Gasteiger partial charge in [-0.3, -0.25) is 10.2 Å². The number of halogens is 3. The van der Waals surface area contributed by atoms with Crippen molar-refractivity contribution in [2.45, 2.75) is 19.4 Å². The molecule has 0 spiro atoms. The molecule has 0 bridgehead atoms. The lowest BCUT2D eigenvalue weighted by atomic mass is 10.2. The van der Waals surface area contributed by atoms with E-state index in [1.807, 2.05) is 4.90 Å². The summed E-state index contributed by atoms with van der Waals surface area (Å²) in [6, 6.07) is 1.14. The highest BCUT2D eigenvalue weighted by atomic mass is 35.5. The van der Waals surface area contributed by atoms with Gasteiger partial charge in [0, 0.05) is 24.7 Å². The van der Waals surface area contributed by atoms with Gasteiger partial charge in [0.15, 0.2) is 5.56 Å². The second-order valence-electron chi connectivity index (χ2n) is 7.01. The van der Waals surface area contributed by atoms with Crippen LogP contribution in [0, 0.1) is 11.6 Å². The van der Waals surface area contributed by atoms with Gasteiger partial charge in [-0.1, -0.05) is 11.6 Å². The third-order valence-corrected chi connectivity index (χ3v) is 5.54. The fourth-order valence-corrected chi connectivity index (χ4v) is 3.84. The van der Waals surface area contributed by atoms with Gasteiger partial charge in [-0.2, -0.15) is 4.37 Å². The lowest BCUT2D eigenvalue weighted by Crippen LogP contribution is -2.32. The molecule has 34 heavy (non-hydrogen) atoms. The Hall–Kier alpha value is -2.58. The minimum Gasteiger partial charge on any atom is -0.477 e. The number of anilines is 1. The van der Waals surface area contributed by atoms with E-state index in [1.54, 1.807) is 0 Å². The predicted molar refractivity (Wildman–Crippen MR) is 122 cm³/mol. The number of unbranched alkanes of at least 4 members (excludes halogenated alkanes) is 1. The van der Waals surface area contributed by atoms with Gasteiger partial charge < -0.3 is 25.4 Å². The fraction of sp³-hybridized carbons (Fsp3) is 0.450. The van der Waals surface area contributed by atoms with Crippen molar-refractivity contribution in [3.05, 3.63) is 39.9 Å². The topological polar surface area (TPSA) is 144 Å². The van der Waals surface area contributed by atoms with E-state index in [-0.39, 0.29) is 23.2 Å². The van der Waals surface area contributed by atoms with E-state index in [0.717, 1.165) is 12.1 Å². The number of carbonyl (C=O) groups is 2. The summed E-state index contributed by atoms with van der Waals surface area (Å²) in [4.78, 5) is 25.7. The lowest BCUT2D eigenvalue weighted by molar-refractivity contribution is 0.0693. The van der Waals surface area contributed by atoms with Crippen LogP contribution in [0.25, 0.3) is 0 Å². The molecule has 0 saturated carbocycles. The number of aromatic carboxylic acids is 1. The quantitative estimate of drug-likeness (QED) is 0.238. The Morgan fingerprint density at radius 1 is 1.12 bits per heavy atom. The summed E-state index contributed by atoms with van der Waals surface area (Å²) in [5.74, 6) is -3.74. The Kier molecular flexibility index (Phi) is 11.4. The first-order valence-corrected chi connectivity index (χ1v) is 11.4. The van der Waals surface area contributed by atoms with Crippen molar-refractivity contribution in [1.29, 1.82) is 0 Å². The van der Waals surface area contributed by atoms with Gasteiger partial charge in [0.25, 0.3) is 0 Å². The number of aliphatic hydroxyl groups is 2. The first-order valence-electron chi connectivity index (χ1n) is 10.2. The number of carbonyl (C=O) groups excluding carboxylic acids is 1. The fourth-order valence-electron chi connectivity index (χ4n) is 2.93. The molecule has 2 rings (SSSR count). The molecule has 0 atom stereocenters. The average molecular weight is 523 g/mol. The maximum absolute atomic E-state index is 13.9. The molecule has 0 aliphatic rings. The van der Waals surface area contributed by atoms with Crippen LogP contribution in [0.15, 0.2) is 12.1 Å². The van der Waals surface area contributed by atoms with Crippen molar-refractivity contribution in [1.82, 2.24) is 14.6 Å². The Morgan fingerprint density at radius 3 is 2.35 bits per heavy atom. The molecule has 1 aromatic heterocycles. The highest BCUT2D eigenvalue weighted by Crippen LogP contribution is 2.31. The molecular weight excluding hydrogens is 498 g/mol. The summed E-state index contributed by atoms with van der Waals surface area (Å²) in [6.45, 7) is 1.16. The van der Waals surface area contributed by atoms with E-state index in [2.05, 4.69) is 15.0 Å². The zero-order valence-electron chi connectivity index (χ0n) is 18.0. The standard InChI is InChI=1S/C20H25ClF2N4O6S/c21-12-9-14(22)13(15(23)10-12)11-33-17-16(19(30)31)18(34-26-17)25-20(32)24-3-1-2-4-27(5-7-28)6-8-29/h9-10,28-29H,1-8,11H2,(H,30,31)(H2,24,25,32). The van der Waals surface area contributed by atoms with E-state index in [4.69, 9.17) is 26.6 Å². The largest absolute Gasteiger partial charge is 0.477 e. The van der Waals surface area contributed by atoms with Crippen molar-refractivity contribution in [3.63, 3.8) is 0 Å². The summed E-state index contributed by atoms with van der Waals surface area (Å²) in [5, 5.41) is 32.2. The zero-order chi connectivity index (χ0) is 25.1. The maximum atomic E-state index is 13.9. The van der Waals surface area contributed by atoms with Crippen molar-refractivity contribution in [2.75, 3.05) is 44.7 Å². The third kappa shape index (κ3) is 8.33. The van der Waals surface area contributed by atoms with Crippen LogP contribution in [-0.4, -0.2) is 76.0 Å². The summed E-state index contributed by atoms with van der Waals surface area (Å²) >= 11 is 6.22. The minimum atomic E-state index is -1.44. The number of amides is 2. The lowest BCUT2D eigenvalue weighted by Gasteiger charge is -2.19. The van der Waals surface area contributed by atoms with Gasteiger partial charge in [-0.05, 0) is 43.1 Å². The molecule has 0 saturated heterocycles. The molecule has 2 aromatic rings. The highest BCUT2D eigenvalue weighted by Gasteiger charge is 2.24. The number of nitrogens with one attached hydrogen (secondary N) is 2. The normalized spacial score (nSPS) is 11.0. The number of ether oxygens (including phenoxy) is 1. The smallest absolute Gasteiger partial charge is 0.344 e. The van der Waals surface area contributed by atoms with Crippen molar-refractivity contribution in [2.24, 2.45) is 0 Å². The first-order chi connectivity index (χ1) is 16.3. The number of hydrogen-bond donors (Lipinski definition) is 5. The van der Waals surface area contributed by atoms with Crippen LogP contribution in [0.1, 0.15) is 28.8 Å². The van der Waals surface area contributed by atoms with Gasteiger partial charge in [0.05, 0.1) is 18.8 Å². The number of urea groups is 1. The van der Waals surface area contributed by atoms with E-state index >= 15 is 0 Å². The Labute approximate surface area is 203 Å². The van der Waals surface area contributed by atoms with Gasteiger partial charge in [0.2, 0.25) is 5.88 Å². The summed E-state index contributed by atoms with van der Waals surface area (Å²) in [5.41, 5.74) is -0.892. The second-order valence-corrected chi connectivity index (χ2v) is 8.22. The van der Waals surface area contributed by atoms with Crippen molar-refractivity contribution in [3.8, 4) is 5.88 Å². The maximum Gasteiger partial charge on any atom is 0.344 e. The number of hydrogen-bond acceptors (Lipinski definition) is 8. The molecule has 0 aliphatic heterocycles. The zero-order valence-corrected chi connectivity index (χ0v) is 19.6. The van der Waals surface area contributed by atoms with Gasteiger partial charge >= 0.3 is 12.0 Å². The number of benzene rings is 1. The molecule has 2 amide bonds. The van der Waals surface area contributed by atoms with Crippen LogP contribution in [-0.2, 0) is 6.61 Å². The van der Waals surface area contributed by atoms with Gasteiger partial charge in [-0.25, -0.2) is 18.4 Å². The first kappa shape index (κ1) is 27.7. The van der Waals surface area contributed by atoms with Gasteiger partial charge in [-0.15, -0.1) is 0 Å². The van der Waals surface area contributed by atoms with Crippen LogP contribution < -0.4 is 15.4 Å². The van der Waals surface area contributed by atoms with Crippen molar-refractivity contribution >= 4 is 40.1 Å². The molecule has 5 N–H and O–H groups in total. The molecule has 10 nitrogen and oxygen atoms in total. The third-order valence-electron chi connectivity index (χ3n) is 4.58. The van der Waals surface area contributed by atoms with E-state index in [9.17, 15) is 23.5 Å². The summed E-state index contributed by atoms with van der Waals surface area (Å²) in [6.07, 6.45) is 1.32. The number of aliphatic hydroxyl groups excluding tert-OH is 2. The van der Waals surface area contributed by atoms with Crippen LogP contribution >= 0.6 is 23.1 Å².